The van der Waals surface area contributed by atoms with Crippen LogP contribution in [0.1, 0.15) is 25.3 Å². The van der Waals surface area contributed by atoms with Crippen LogP contribution in [-0.2, 0) is 0 Å². The fourth-order valence-electron chi connectivity index (χ4n) is 2.63. The quantitative estimate of drug-likeness (QED) is 0.746. The highest BCUT2D eigenvalue weighted by molar-refractivity contribution is 5.79. The highest BCUT2D eigenvalue weighted by Gasteiger charge is 2.22. The summed E-state index contributed by atoms with van der Waals surface area (Å²) in [7, 11) is 0. The molecule has 0 aliphatic rings. The molecule has 0 bridgehead atoms. The van der Waals surface area contributed by atoms with Gasteiger partial charge in [0.25, 0.3) is 0 Å². The Morgan fingerprint density at radius 1 is 1.13 bits per heavy atom. The van der Waals surface area contributed by atoms with E-state index in [2.05, 4.69) is 0 Å². The first kappa shape index (κ1) is 15.1. The smallest absolute Gasteiger partial charge is 0.193 e. The Morgan fingerprint density at radius 2 is 1.83 bits per heavy atom. The second-order valence-corrected chi connectivity index (χ2v) is 5.65. The minimum Gasteiger partial charge on any atom is -0.507 e. The maximum Gasteiger partial charge on any atom is 0.193 e. The number of fused-ring (bicyclic) bond motifs is 1. The number of phenolic OH excluding ortho intramolecular Hbond substituents is 2. The SMILES string of the molecule is CC(C)c1c(O)cc(-c2cc(=O)c3ccccc3o2)c(F)c1O. The molecule has 0 fully saturated rings. The summed E-state index contributed by atoms with van der Waals surface area (Å²) < 4.78 is 20.1. The van der Waals surface area contributed by atoms with Crippen LogP contribution in [0.15, 0.2) is 45.6 Å². The van der Waals surface area contributed by atoms with Crippen molar-refractivity contribution in [3.63, 3.8) is 0 Å². The molecule has 1 aromatic heterocycles. The van der Waals surface area contributed by atoms with Gasteiger partial charge >= 0.3 is 0 Å². The zero-order valence-electron chi connectivity index (χ0n) is 12.6. The zero-order chi connectivity index (χ0) is 16.7. The molecular formula is C18H15FO4. The summed E-state index contributed by atoms with van der Waals surface area (Å²) in [6.07, 6.45) is 0. The third kappa shape index (κ3) is 2.44. The zero-order valence-corrected chi connectivity index (χ0v) is 12.6. The maximum absolute atomic E-state index is 14.5. The fraction of sp³-hybridized carbons (Fsp3) is 0.167. The summed E-state index contributed by atoms with van der Waals surface area (Å²) in [5, 5.41) is 20.5. The molecule has 0 aliphatic carbocycles. The number of halogens is 1. The molecule has 5 heteroatoms. The summed E-state index contributed by atoms with van der Waals surface area (Å²) in [4.78, 5) is 12.1. The molecule has 3 aromatic rings. The number of hydrogen-bond donors (Lipinski definition) is 2. The molecule has 3 rings (SSSR count). The molecule has 2 N–H and O–H groups in total. The van der Waals surface area contributed by atoms with Crippen molar-refractivity contribution in [2.24, 2.45) is 0 Å². The van der Waals surface area contributed by atoms with Crippen LogP contribution in [0.5, 0.6) is 11.5 Å². The van der Waals surface area contributed by atoms with Crippen molar-refractivity contribution in [2.45, 2.75) is 19.8 Å². The molecule has 0 saturated heterocycles. The molecule has 0 saturated carbocycles. The van der Waals surface area contributed by atoms with Crippen molar-refractivity contribution in [3.8, 4) is 22.8 Å². The van der Waals surface area contributed by atoms with Crippen LogP contribution in [0.25, 0.3) is 22.3 Å². The van der Waals surface area contributed by atoms with Gasteiger partial charge in [0.1, 0.15) is 17.1 Å². The summed E-state index contributed by atoms with van der Waals surface area (Å²) >= 11 is 0. The van der Waals surface area contributed by atoms with E-state index in [9.17, 15) is 19.4 Å². The summed E-state index contributed by atoms with van der Waals surface area (Å²) in [6, 6.07) is 8.92. The maximum atomic E-state index is 14.5. The van der Waals surface area contributed by atoms with E-state index in [1.54, 1.807) is 38.1 Å². The van der Waals surface area contributed by atoms with E-state index in [0.717, 1.165) is 12.1 Å². The number of hydrogen-bond acceptors (Lipinski definition) is 4. The van der Waals surface area contributed by atoms with Crippen LogP contribution >= 0.6 is 0 Å². The van der Waals surface area contributed by atoms with Gasteiger partial charge in [-0.1, -0.05) is 26.0 Å². The lowest BCUT2D eigenvalue weighted by Crippen LogP contribution is -2.01. The predicted molar refractivity (Wildman–Crippen MR) is 85.3 cm³/mol. The van der Waals surface area contributed by atoms with Gasteiger partial charge in [-0.2, -0.15) is 0 Å². The van der Waals surface area contributed by atoms with Crippen molar-refractivity contribution >= 4 is 11.0 Å². The molecule has 0 radical (unpaired) electrons. The molecule has 0 spiro atoms. The first-order valence-corrected chi connectivity index (χ1v) is 7.17. The molecule has 4 nitrogen and oxygen atoms in total. The van der Waals surface area contributed by atoms with Gasteiger partial charge in [0.15, 0.2) is 17.0 Å². The monoisotopic (exact) mass is 314 g/mol. The highest BCUT2D eigenvalue weighted by Crippen LogP contribution is 2.41. The summed E-state index contributed by atoms with van der Waals surface area (Å²) in [6.45, 7) is 3.45. The minimum absolute atomic E-state index is 0.0490. The second kappa shape index (κ2) is 5.43. The van der Waals surface area contributed by atoms with E-state index in [1.165, 1.54) is 0 Å². The largest absolute Gasteiger partial charge is 0.507 e. The van der Waals surface area contributed by atoms with Crippen LogP contribution in [0.2, 0.25) is 0 Å². The van der Waals surface area contributed by atoms with E-state index < -0.39 is 11.6 Å². The number of para-hydroxylation sites is 1. The van der Waals surface area contributed by atoms with Crippen LogP contribution in [0, 0.1) is 5.82 Å². The van der Waals surface area contributed by atoms with Crippen LogP contribution in [0.3, 0.4) is 0 Å². The number of phenols is 2. The van der Waals surface area contributed by atoms with Crippen LogP contribution < -0.4 is 5.43 Å². The molecule has 2 aromatic carbocycles. The Kier molecular flexibility index (Phi) is 3.56. The highest BCUT2D eigenvalue weighted by atomic mass is 19.1. The molecule has 118 valence electrons. The Hall–Kier alpha value is -2.82. The second-order valence-electron chi connectivity index (χ2n) is 5.65. The third-order valence-corrected chi connectivity index (χ3v) is 3.73. The van der Waals surface area contributed by atoms with Crippen LogP contribution in [0.4, 0.5) is 4.39 Å². The van der Waals surface area contributed by atoms with Crippen molar-refractivity contribution in [1.82, 2.24) is 0 Å². The third-order valence-electron chi connectivity index (χ3n) is 3.73. The van der Waals surface area contributed by atoms with E-state index in [4.69, 9.17) is 4.42 Å². The Balaban J connectivity index is 2.29. The van der Waals surface area contributed by atoms with Gasteiger partial charge < -0.3 is 14.6 Å². The molecule has 0 amide bonds. The molecule has 1 heterocycles. The first-order valence-electron chi connectivity index (χ1n) is 7.17. The average molecular weight is 314 g/mol. The standard InChI is InChI=1S/C18H15FO4/c1-9(2)16-13(21)7-11(17(19)18(16)22)15-8-12(20)10-5-3-4-6-14(10)23-15/h3-9,21-22H,1-2H3. The van der Waals surface area contributed by atoms with Crippen LogP contribution in [-0.4, -0.2) is 10.2 Å². The van der Waals surface area contributed by atoms with E-state index in [-0.39, 0.29) is 34.0 Å². The van der Waals surface area contributed by atoms with Gasteiger partial charge in [-0.05, 0) is 24.1 Å². The number of aromatic hydroxyl groups is 2. The van der Waals surface area contributed by atoms with Crippen molar-refractivity contribution in [1.29, 1.82) is 0 Å². The molecule has 0 atom stereocenters. The Bertz CT molecular complexity index is 957. The number of rotatable bonds is 2. The lowest BCUT2D eigenvalue weighted by molar-refractivity contribution is 0.404. The summed E-state index contributed by atoms with van der Waals surface area (Å²) in [5.41, 5.74) is -0.0591. The van der Waals surface area contributed by atoms with Crippen molar-refractivity contribution < 1.29 is 19.0 Å². The van der Waals surface area contributed by atoms with Crippen molar-refractivity contribution in [2.75, 3.05) is 0 Å². The lowest BCUT2D eigenvalue weighted by atomic mass is 9.97. The van der Waals surface area contributed by atoms with E-state index in [1.807, 2.05) is 0 Å². The van der Waals surface area contributed by atoms with Gasteiger partial charge in [0.05, 0.1) is 10.9 Å². The minimum atomic E-state index is -0.926. The van der Waals surface area contributed by atoms with Gasteiger partial charge in [-0.3, -0.25) is 4.79 Å². The predicted octanol–water partition coefficient (Wildman–Crippen LogP) is 4.13. The average Bonchev–Trinajstić information content (AvgIpc) is 2.50. The molecule has 0 aliphatic heterocycles. The van der Waals surface area contributed by atoms with Gasteiger partial charge in [-0.15, -0.1) is 0 Å². The molecular weight excluding hydrogens is 299 g/mol. The molecule has 0 unspecified atom stereocenters. The molecule has 23 heavy (non-hydrogen) atoms. The number of benzene rings is 2. The van der Waals surface area contributed by atoms with Gasteiger partial charge in [-0.25, -0.2) is 4.39 Å². The van der Waals surface area contributed by atoms with Crippen molar-refractivity contribution in [3.05, 3.63) is 58.0 Å². The van der Waals surface area contributed by atoms with E-state index >= 15 is 0 Å². The topological polar surface area (TPSA) is 70.7 Å². The Morgan fingerprint density at radius 3 is 2.52 bits per heavy atom. The lowest BCUT2D eigenvalue weighted by Gasteiger charge is -2.14. The van der Waals surface area contributed by atoms with E-state index in [0.29, 0.717) is 11.0 Å². The van der Waals surface area contributed by atoms with Gasteiger partial charge in [0, 0.05) is 11.6 Å². The Labute approximate surface area is 131 Å². The fourth-order valence-corrected chi connectivity index (χ4v) is 2.63. The van der Waals surface area contributed by atoms with Gasteiger partial charge in [0.2, 0.25) is 0 Å². The summed E-state index contributed by atoms with van der Waals surface area (Å²) in [5.74, 6) is -2.12. The normalized spacial score (nSPS) is 11.3. The first-order chi connectivity index (χ1) is 10.9.